The highest BCUT2D eigenvalue weighted by atomic mass is 16.3. The highest BCUT2D eigenvalue weighted by Gasteiger charge is 2.55. The van der Waals surface area contributed by atoms with Crippen molar-refractivity contribution in [3.05, 3.63) is 34.9 Å². The Balaban J connectivity index is 1.55. The third kappa shape index (κ3) is 2.46. The van der Waals surface area contributed by atoms with Crippen molar-refractivity contribution in [2.75, 3.05) is 0 Å². The van der Waals surface area contributed by atoms with Crippen LogP contribution in [0.15, 0.2) is 18.2 Å². The zero-order valence-corrected chi connectivity index (χ0v) is 15.6. The van der Waals surface area contributed by atoms with Crippen LogP contribution in [-0.4, -0.2) is 17.1 Å². The molecule has 4 aliphatic rings. The van der Waals surface area contributed by atoms with Crippen LogP contribution in [0.5, 0.6) is 0 Å². The standard InChI is InChI=1S/C23H31NO2/c24-22(26)17-5-4-16-11-19-15(10-14-2-1-3-14)8-9-23(21(16)12-17)13-18(25)6-7-20(19)23/h4-5,12,14-15,18-20,25H,1-3,6-11,13H2,(H2,24,26)/t15?,18-,19-,20-,23?/m0/s1. The summed E-state index contributed by atoms with van der Waals surface area (Å²) >= 11 is 0. The number of primary amides is 1. The molecule has 26 heavy (non-hydrogen) atoms. The van der Waals surface area contributed by atoms with Gasteiger partial charge in [0, 0.05) is 11.0 Å². The molecule has 0 radical (unpaired) electrons. The van der Waals surface area contributed by atoms with Crippen molar-refractivity contribution in [3.63, 3.8) is 0 Å². The van der Waals surface area contributed by atoms with E-state index in [0.29, 0.717) is 11.5 Å². The van der Waals surface area contributed by atoms with Crippen molar-refractivity contribution >= 4 is 5.91 Å². The molecule has 2 bridgehead atoms. The average Bonchev–Trinajstić information content (AvgIpc) is 2.58. The first-order chi connectivity index (χ1) is 12.6. The van der Waals surface area contributed by atoms with Gasteiger partial charge in [0.2, 0.25) is 5.91 Å². The number of carbonyl (C=O) groups excluding carboxylic acids is 1. The molecule has 5 atom stereocenters. The van der Waals surface area contributed by atoms with E-state index in [1.54, 1.807) is 0 Å². The zero-order valence-electron chi connectivity index (χ0n) is 15.6. The van der Waals surface area contributed by atoms with Crippen LogP contribution in [0.3, 0.4) is 0 Å². The van der Waals surface area contributed by atoms with Gasteiger partial charge in [-0.15, -0.1) is 0 Å². The molecule has 3 saturated carbocycles. The lowest BCUT2D eigenvalue weighted by Crippen LogP contribution is -2.55. The Bertz CT molecular complexity index is 725. The summed E-state index contributed by atoms with van der Waals surface area (Å²) < 4.78 is 0. The van der Waals surface area contributed by atoms with E-state index >= 15 is 0 Å². The lowest BCUT2D eigenvalue weighted by molar-refractivity contribution is -0.0431. The van der Waals surface area contributed by atoms with E-state index in [1.165, 1.54) is 49.7 Å². The lowest BCUT2D eigenvalue weighted by atomic mass is 9.45. The van der Waals surface area contributed by atoms with Crippen LogP contribution in [0.25, 0.3) is 0 Å². The molecule has 3 fully saturated rings. The molecule has 0 aromatic heterocycles. The van der Waals surface area contributed by atoms with Crippen LogP contribution >= 0.6 is 0 Å². The van der Waals surface area contributed by atoms with Crippen LogP contribution < -0.4 is 5.73 Å². The molecule has 3 heteroatoms. The smallest absolute Gasteiger partial charge is 0.248 e. The van der Waals surface area contributed by atoms with Crippen LogP contribution in [0.2, 0.25) is 0 Å². The second-order valence-electron chi connectivity index (χ2n) is 9.63. The third-order valence-corrected chi connectivity index (χ3v) is 8.45. The summed E-state index contributed by atoms with van der Waals surface area (Å²) in [5.74, 6) is 2.94. The molecule has 4 aliphatic carbocycles. The van der Waals surface area contributed by atoms with Gasteiger partial charge in [-0.1, -0.05) is 25.3 Å². The van der Waals surface area contributed by atoms with Gasteiger partial charge in [-0.05, 0) is 91.9 Å². The first-order valence-electron chi connectivity index (χ1n) is 10.7. The molecule has 3 nitrogen and oxygen atoms in total. The predicted octanol–water partition coefficient (Wildman–Crippen LogP) is 3.96. The number of amides is 1. The Morgan fingerprint density at radius 3 is 2.77 bits per heavy atom. The number of benzene rings is 1. The topological polar surface area (TPSA) is 63.3 Å². The van der Waals surface area contributed by atoms with Crippen molar-refractivity contribution in [2.45, 2.75) is 75.7 Å². The molecule has 5 rings (SSSR count). The number of aliphatic hydroxyl groups is 1. The van der Waals surface area contributed by atoms with Crippen LogP contribution in [0, 0.1) is 23.7 Å². The summed E-state index contributed by atoms with van der Waals surface area (Å²) in [5, 5.41) is 10.5. The minimum Gasteiger partial charge on any atom is -0.393 e. The van der Waals surface area contributed by atoms with Gasteiger partial charge < -0.3 is 10.8 Å². The molecule has 1 aromatic carbocycles. The highest BCUT2D eigenvalue weighted by molar-refractivity contribution is 5.93. The predicted molar refractivity (Wildman–Crippen MR) is 102 cm³/mol. The van der Waals surface area contributed by atoms with Gasteiger partial charge in [-0.25, -0.2) is 0 Å². The van der Waals surface area contributed by atoms with Crippen molar-refractivity contribution in [1.82, 2.24) is 0 Å². The summed E-state index contributed by atoms with van der Waals surface area (Å²) in [4.78, 5) is 11.8. The lowest BCUT2D eigenvalue weighted by Gasteiger charge is -2.59. The monoisotopic (exact) mass is 353 g/mol. The van der Waals surface area contributed by atoms with Gasteiger partial charge in [0.15, 0.2) is 0 Å². The first-order valence-corrected chi connectivity index (χ1v) is 10.7. The Kier molecular flexibility index (Phi) is 3.93. The largest absolute Gasteiger partial charge is 0.393 e. The Labute approximate surface area is 156 Å². The fourth-order valence-electron chi connectivity index (χ4n) is 7.05. The van der Waals surface area contributed by atoms with Crippen molar-refractivity contribution in [3.8, 4) is 0 Å². The number of nitrogens with two attached hydrogens (primary N) is 1. The quantitative estimate of drug-likeness (QED) is 0.864. The van der Waals surface area contributed by atoms with E-state index in [0.717, 1.165) is 43.4 Å². The maximum absolute atomic E-state index is 11.8. The third-order valence-electron chi connectivity index (χ3n) is 8.45. The van der Waals surface area contributed by atoms with Gasteiger partial charge in [0.25, 0.3) is 0 Å². The maximum Gasteiger partial charge on any atom is 0.248 e. The number of hydrogen-bond acceptors (Lipinski definition) is 2. The summed E-state index contributed by atoms with van der Waals surface area (Å²) in [5.41, 5.74) is 9.05. The fraction of sp³-hybridized carbons (Fsp3) is 0.696. The minimum atomic E-state index is -0.335. The Morgan fingerprint density at radius 2 is 2.04 bits per heavy atom. The molecule has 3 N–H and O–H groups in total. The first kappa shape index (κ1) is 16.8. The molecule has 0 saturated heterocycles. The van der Waals surface area contributed by atoms with Crippen molar-refractivity contribution in [1.29, 1.82) is 0 Å². The second-order valence-corrected chi connectivity index (χ2v) is 9.63. The fourth-order valence-corrected chi connectivity index (χ4v) is 7.05. The maximum atomic E-state index is 11.8. The van der Waals surface area contributed by atoms with Gasteiger partial charge in [-0.2, -0.15) is 0 Å². The van der Waals surface area contributed by atoms with E-state index in [1.807, 2.05) is 6.07 Å². The molecule has 1 aromatic rings. The molecular weight excluding hydrogens is 322 g/mol. The molecule has 0 spiro atoms. The number of hydrogen-bond donors (Lipinski definition) is 2. The normalized spacial score (nSPS) is 38.8. The second kappa shape index (κ2) is 6.09. The Hall–Kier alpha value is -1.35. The summed E-state index contributed by atoms with van der Waals surface area (Å²) in [7, 11) is 0. The van der Waals surface area contributed by atoms with Gasteiger partial charge >= 0.3 is 0 Å². The molecule has 0 aliphatic heterocycles. The SMILES string of the molecule is NC(=O)c1ccc2c(c1)C13CCC(CC4CCC4)[C@H](C2)[C@@H]1CC[C@H](O)C3. The van der Waals surface area contributed by atoms with Crippen molar-refractivity contribution in [2.24, 2.45) is 29.4 Å². The summed E-state index contributed by atoms with van der Waals surface area (Å²) in [6.07, 6.45) is 12.1. The number of fused-ring (bicyclic) bond motifs is 1. The number of rotatable bonds is 3. The van der Waals surface area contributed by atoms with E-state index in [-0.39, 0.29) is 17.4 Å². The summed E-state index contributed by atoms with van der Waals surface area (Å²) in [6, 6.07) is 6.15. The van der Waals surface area contributed by atoms with Crippen LogP contribution in [-0.2, 0) is 11.8 Å². The summed E-state index contributed by atoms with van der Waals surface area (Å²) in [6.45, 7) is 0. The number of aliphatic hydroxyl groups excluding tert-OH is 1. The molecular formula is C23H31NO2. The molecule has 0 heterocycles. The van der Waals surface area contributed by atoms with Crippen LogP contribution in [0.4, 0.5) is 0 Å². The zero-order chi connectivity index (χ0) is 17.9. The van der Waals surface area contributed by atoms with Crippen molar-refractivity contribution < 1.29 is 9.90 Å². The van der Waals surface area contributed by atoms with E-state index in [2.05, 4.69) is 12.1 Å². The molecule has 2 unspecified atom stereocenters. The van der Waals surface area contributed by atoms with E-state index < -0.39 is 0 Å². The minimum absolute atomic E-state index is 0.0808. The highest BCUT2D eigenvalue weighted by Crippen LogP contribution is 2.61. The van der Waals surface area contributed by atoms with Gasteiger partial charge in [0.1, 0.15) is 0 Å². The van der Waals surface area contributed by atoms with Gasteiger partial charge in [0.05, 0.1) is 6.10 Å². The Morgan fingerprint density at radius 1 is 1.19 bits per heavy atom. The number of carbonyl (C=O) groups is 1. The van der Waals surface area contributed by atoms with E-state index in [4.69, 9.17) is 5.73 Å². The van der Waals surface area contributed by atoms with E-state index in [9.17, 15) is 9.90 Å². The van der Waals surface area contributed by atoms with Crippen LogP contribution in [0.1, 0.15) is 79.3 Å². The average molecular weight is 354 g/mol. The van der Waals surface area contributed by atoms with Gasteiger partial charge in [-0.3, -0.25) is 4.79 Å². The molecule has 140 valence electrons. The molecule has 1 amide bonds.